The summed E-state index contributed by atoms with van der Waals surface area (Å²) in [5.74, 6) is 1.58. The molecule has 35 heavy (non-hydrogen) atoms. The lowest BCUT2D eigenvalue weighted by atomic mass is 10.1. The van der Waals surface area contributed by atoms with Crippen molar-refractivity contribution in [3.63, 3.8) is 0 Å². The second kappa shape index (κ2) is 10.4. The van der Waals surface area contributed by atoms with Crippen LogP contribution in [-0.2, 0) is 4.74 Å². The Balaban J connectivity index is 1.77. The van der Waals surface area contributed by atoms with Crippen LogP contribution in [0.1, 0.15) is 64.6 Å². The average Bonchev–Trinajstić information content (AvgIpc) is 3.53. The quantitative estimate of drug-likeness (QED) is 0.303. The number of hydrogen-bond donors (Lipinski definition) is 4. The number of ether oxygens (including phenoxy) is 1. The molecule has 4 heterocycles. The lowest BCUT2D eigenvalue weighted by Gasteiger charge is -2.24. The molecular formula is C22H34N8O5. The molecule has 1 fully saturated rings. The van der Waals surface area contributed by atoms with Crippen LogP contribution in [0.5, 0.6) is 0 Å². The molecule has 0 aromatic carbocycles. The third-order valence-electron chi connectivity index (χ3n) is 6.07. The molecule has 4 atom stereocenters. The maximum absolute atomic E-state index is 10.8. The van der Waals surface area contributed by atoms with Gasteiger partial charge in [-0.15, -0.1) is 0 Å². The highest BCUT2D eigenvalue weighted by atomic mass is 16.6. The van der Waals surface area contributed by atoms with Gasteiger partial charge in [-0.25, -0.2) is 4.98 Å². The molecule has 0 unspecified atom stereocenters. The Labute approximate surface area is 203 Å². The van der Waals surface area contributed by atoms with E-state index in [1.807, 2.05) is 13.8 Å². The van der Waals surface area contributed by atoms with Crippen LogP contribution in [-0.4, -0.2) is 76.5 Å². The maximum Gasteiger partial charge on any atom is 0.258 e. The SMILES string of the molecule is CCC(CC)Nc1nc(N(CO)CC(C)C)nc2c1ncn2[C@@H]1O[C@H](c2nc(C)no2)[C@@H](O)[C@H]1O. The highest BCUT2D eigenvalue weighted by molar-refractivity contribution is 5.84. The van der Waals surface area contributed by atoms with E-state index in [-0.39, 0.29) is 24.6 Å². The van der Waals surface area contributed by atoms with E-state index in [4.69, 9.17) is 9.26 Å². The second-order valence-electron chi connectivity index (χ2n) is 9.22. The average molecular weight is 491 g/mol. The summed E-state index contributed by atoms with van der Waals surface area (Å²) in [5.41, 5.74) is 0.884. The molecule has 192 valence electrons. The largest absolute Gasteiger partial charge is 0.387 e. The van der Waals surface area contributed by atoms with E-state index >= 15 is 0 Å². The van der Waals surface area contributed by atoms with Gasteiger partial charge in [-0.2, -0.15) is 15.0 Å². The van der Waals surface area contributed by atoms with Crippen molar-refractivity contribution in [3.8, 4) is 0 Å². The Kier molecular flexibility index (Phi) is 7.50. The van der Waals surface area contributed by atoms with Gasteiger partial charge in [-0.05, 0) is 25.7 Å². The van der Waals surface area contributed by atoms with Crippen molar-refractivity contribution in [2.45, 2.75) is 78.0 Å². The lowest BCUT2D eigenvalue weighted by molar-refractivity contribution is -0.0451. The fraction of sp³-hybridized carbons (Fsp3) is 0.682. The summed E-state index contributed by atoms with van der Waals surface area (Å²) in [6, 6.07) is 0.166. The molecule has 0 saturated carbocycles. The monoisotopic (exact) mass is 490 g/mol. The number of aliphatic hydroxyl groups excluding tert-OH is 3. The predicted molar refractivity (Wildman–Crippen MR) is 126 cm³/mol. The molecule has 0 spiro atoms. The molecule has 1 aliphatic heterocycles. The van der Waals surface area contributed by atoms with Gasteiger partial charge in [-0.3, -0.25) is 4.57 Å². The van der Waals surface area contributed by atoms with Gasteiger partial charge in [-0.1, -0.05) is 32.9 Å². The zero-order valence-electron chi connectivity index (χ0n) is 20.7. The Hall–Kier alpha value is -2.87. The van der Waals surface area contributed by atoms with Gasteiger partial charge in [0.05, 0.1) is 6.33 Å². The molecule has 0 bridgehead atoms. The Morgan fingerprint density at radius 3 is 2.49 bits per heavy atom. The number of rotatable bonds is 10. The number of fused-ring (bicyclic) bond motifs is 1. The lowest BCUT2D eigenvalue weighted by Crippen LogP contribution is -2.31. The number of imidazole rings is 1. The van der Waals surface area contributed by atoms with Crippen LogP contribution in [0, 0.1) is 12.8 Å². The van der Waals surface area contributed by atoms with Crippen LogP contribution in [0.25, 0.3) is 11.2 Å². The normalized spacial score (nSPS) is 22.6. The van der Waals surface area contributed by atoms with Gasteiger partial charge < -0.3 is 34.8 Å². The second-order valence-corrected chi connectivity index (χ2v) is 9.22. The molecule has 4 N–H and O–H groups in total. The Morgan fingerprint density at radius 2 is 1.89 bits per heavy atom. The first-order chi connectivity index (χ1) is 16.8. The van der Waals surface area contributed by atoms with Crippen molar-refractivity contribution in [2.24, 2.45) is 5.92 Å². The number of aryl methyl sites for hydroxylation is 1. The van der Waals surface area contributed by atoms with Crippen molar-refractivity contribution in [1.29, 1.82) is 0 Å². The number of hydrogen-bond acceptors (Lipinski definition) is 12. The molecule has 1 aliphatic rings. The minimum Gasteiger partial charge on any atom is -0.387 e. The number of nitrogens with one attached hydrogen (secondary N) is 1. The topological polar surface area (TPSA) is 168 Å². The van der Waals surface area contributed by atoms with E-state index in [1.165, 1.54) is 6.33 Å². The fourth-order valence-corrected chi connectivity index (χ4v) is 4.18. The third kappa shape index (κ3) is 4.94. The van der Waals surface area contributed by atoms with Crippen LogP contribution in [0.3, 0.4) is 0 Å². The zero-order valence-corrected chi connectivity index (χ0v) is 20.7. The number of anilines is 2. The van der Waals surface area contributed by atoms with E-state index in [0.717, 1.165) is 12.8 Å². The summed E-state index contributed by atoms with van der Waals surface area (Å²) < 4.78 is 12.7. The number of aromatic nitrogens is 6. The van der Waals surface area contributed by atoms with Crippen LogP contribution in [0.2, 0.25) is 0 Å². The van der Waals surface area contributed by atoms with E-state index in [0.29, 0.717) is 35.3 Å². The number of aliphatic hydroxyl groups is 3. The van der Waals surface area contributed by atoms with Crippen molar-refractivity contribution >= 4 is 22.9 Å². The minimum atomic E-state index is -1.30. The molecule has 3 aromatic heterocycles. The molecule has 4 rings (SSSR count). The molecular weight excluding hydrogens is 456 g/mol. The van der Waals surface area contributed by atoms with E-state index in [9.17, 15) is 15.3 Å². The van der Waals surface area contributed by atoms with Crippen molar-refractivity contribution in [2.75, 3.05) is 23.5 Å². The van der Waals surface area contributed by atoms with Gasteiger partial charge >= 0.3 is 0 Å². The predicted octanol–water partition coefficient (Wildman–Crippen LogP) is 1.52. The van der Waals surface area contributed by atoms with Crippen molar-refractivity contribution in [1.82, 2.24) is 29.7 Å². The Morgan fingerprint density at radius 1 is 1.14 bits per heavy atom. The summed E-state index contributed by atoms with van der Waals surface area (Å²) in [4.78, 5) is 19.7. The summed E-state index contributed by atoms with van der Waals surface area (Å²) in [5, 5.41) is 38.7. The minimum absolute atomic E-state index is 0.0794. The molecule has 3 aromatic rings. The molecule has 0 amide bonds. The molecule has 1 saturated heterocycles. The van der Waals surface area contributed by atoms with Crippen LogP contribution in [0.15, 0.2) is 10.9 Å². The van der Waals surface area contributed by atoms with Gasteiger partial charge in [0, 0.05) is 12.6 Å². The summed E-state index contributed by atoms with van der Waals surface area (Å²) in [6.45, 7) is 10.2. The summed E-state index contributed by atoms with van der Waals surface area (Å²) >= 11 is 0. The fourth-order valence-electron chi connectivity index (χ4n) is 4.18. The van der Waals surface area contributed by atoms with E-state index in [2.05, 4.69) is 44.3 Å². The maximum atomic E-state index is 10.8. The molecule has 0 radical (unpaired) electrons. The van der Waals surface area contributed by atoms with E-state index in [1.54, 1.807) is 16.4 Å². The van der Waals surface area contributed by atoms with Crippen LogP contribution < -0.4 is 10.2 Å². The zero-order chi connectivity index (χ0) is 25.3. The first kappa shape index (κ1) is 25.2. The van der Waals surface area contributed by atoms with Crippen molar-refractivity contribution in [3.05, 3.63) is 18.0 Å². The first-order valence-electron chi connectivity index (χ1n) is 12.0. The van der Waals surface area contributed by atoms with Gasteiger partial charge in [0.1, 0.15) is 18.9 Å². The highest BCUT2D eigenvalue weighted by Crippen LogP contribution is 2.39. The van der Waals surface area contributed by atoms with Gasteiger partial charge in [0.15, 0.2) is 35.1 Å². The first-order valence-corrected chi connectivity index (χ1v) is 12.0. The smallest absolute Gasteiger partial charge is 0.258 e. The van der Waals surface area contributed by atoms with E-state index < -0.39 is 24.5 Å². The van der Waals surface area contributed by atoms with Gasteiger partial charge in [0.2, 0.25) is 5.95 Å². The molecule has 13 nitrogen and oxygen atoms in total. The summed E-state index contributed by atoms with van der Waals surface area (Å²) in [6.07, 6.45) is -1.35. The van der Waals surface area contributed by atoms with Gasteiger partial charge in [0.25, 0.3) is 5.89 Å². The molecule has 0 aliphatic carbocycles. The molecule has 13 heteroatoms. The van der Waals surface area contributed by atoms with Crippen molar-refractivity contribution < 1.29 is 24.6 Å². The standard InChI is InChI=1S/C22H34N8O5/c1-6-13(7-2)25-18-14-19(27-22(26-18)29(10-31)8-11(3)4)30(9-23-14)21-16(33)15(32)17(34-21)20-24-12(5)28-35-20/h9,11,13,15-17,21,31-33H,6-8,10H2,1-5H3,(H,25,26,27)/t15-,16+,17-,21+/m0/s1. The van der Waals surface area contributed by atoms with Crippen LogP contribution in [0.4, 0.5) is 11.8 Å². The third-order valence-corrected chi connectivity index (χ3v) is 6.07. The summed E-state index contributed by atoms with van der Waals surface area (Å²) in [7, 11) is 0. The number of nitrogens with zero attached hydrogens (tertiary/aromatic N) is 7. The Bertz CT molecular complexity index is 1130. The highest BCUT2D eigenvalue weighted by Gasteiger charge is 2.47. The van der Waals surface area contributed by atoms with Crippen LogP contribution >= 0.6 is 0 Å².